The molecule has 224 valence electrons. The second-order valence-corrected chi connectivity index (χ2v) is 10.1. The zero-order valence-electron chi connectivity index (χ0n) is 22.7. The van der Waals surface area contributed by atoms with Gasteiger partial charge in [-0.3, -0.25) is 14.6 Å². The van der Waals surface area contributed by atoms with Gasteiger partial charge in [0.2, 0.25) is 11.5 Å². The normalized spacial score (nSPS) is 18.3. The number of pyridine rings is 1. The summed E-state index contributed by atoms with van der Waals surface area (Å²) in [6, 6.07) is 9.74. The number of fused-ring (bicyclic) bond motifs is 2. The van der Waals surface area contributed by atoms with Gasteiger partial charge in [0.05, 0.1) is 11.9 Å². The Kier molecular flexibility index (Phi) is 7.78. The fraction of sp³-hybridized carbons (Fsp3) is 0.276. The molecule has 1 unspecified atom stereocenters. The Balaban J connectivity index is 1.31. The molecule has 1 aliphatic carbocycles. The minimum atomic E-state index is -4.81. The highest BCUT2D eigenvalue weighted by atomic mass is 19.4. The average Bonchev–Trinajstić information content (AvgIpc) is 3.43. The summed E-state index contributed by atoms with van der Waals surface area (Å²) in [7, 11) is 0. The van der Waals surface area contributed by atoms with Gasteiger partial charge in [0.15, 0.2) is 0 Å². The molecule has 1 fully saturated rings. The molecule has 5 amide bonds. The first kappa shape index (κ1) is 29.5. The van der Waals surface area contributed by atoms with E-state index >= 15 is 0 Å². The van der Waals surface area contributed by atoms with E-state index < -0.39 is 60.7 Å². The SMILES string of the molecule is CC(N(Cc1ccc(F)cc1)C(=O)CN1C(=O)O[C@@]2(CCc3cc(NC(=O)Nc4cccnc4)ccc32)C1=O)C(F)(F)F. The fourth-order valence-corrected chi connectivity index (χ4v) is 5.09. The van der Waals surface area contributed by atoms with E-state index in [0.717, 1.165) is 19.1 Å². The van der Waals surface area contributed by atoms with E-state index in [1.165, 1.54) is 30.5 Å². The number of benzene rings is 2. The van der Waals surface area contributed by atoms with Crippen LogP contribution in [0.25, 0.3) is 0 Å². The van der Waals surface area contributed by atoms with Gasteiger partial charge in [-0.25, -0.2) is 18.9 Å². The maximum absolute atomic E-state index is 13.7. The van der Waals surface area contributed by atoms with Gasteiger partial charge in [-0.15, -0.1) is 0 Å². The third kappa shape index (κ3) is 5.98. The molecule has 3 aromatic rings. The number of halogens is 4. The maximum atomic E-state index is 13.7. The Morgan fingerprint density at radius 1 is 1.09 bits per heavy atom. The standard InChI is InChI=1S/C29H25F4N5O5/c1-17(29(31,32)33)37(15-18-4-6-20(30)7-5-18)24(39)16-38-25(40)28(43-27(38)42)11-10-19-13-21(8-9-23(19)28)35-26(41)36-22-3-2-12-34-14-22/h2-9,12-14,17H,10-11,15-16H2,1H3,(H2,35,36,41)/t17?,28-/m1/s1. The molecule has 5 rings (SSSR count). The lowest BCUT2D eigenvalue weighted by molar-refractivity contribution is -0.187. The Morgan fingerprint density at radius 3 is 2.49 bits per heavy atom. The monoisotopic (exact) mass is 599 g/mol. The number of urea groups is 1. The average molecular weight is 600 g/mol. The van der Waals surface area contributed by atoms with E-state index in [0.29, 0.717) is 32.3 Å². The van der Waals surface area contributed by atoms with Crippen LogP contribution in [0.2, 0.25) is 0 Å². The number of ether oxygens (including phenoxy) is 1. The third-order valence-electron chi connectivity index (χ3n) is 7.36. The van der Waals surface area contributed by atoms with Crippen LogP contribution in [0.1, 0.15) is 30.0 Å². The highest BCUT2D eigenvalue weighted by Gasteiger charge is 2.58. The number of hydrogen-bond donors (Lipinski definition) is 2. The summed E-state index contributed by atoms with van der Waals surface area (Å²) >= 11 is 0. The highest BCUT2D eigenvalue weighted by Crippen LogP contribution is 2.46. The van der Waals surface area contributed by atoms with Crippen molar-refractivity contribution in [2.45, 2.75) is 44.1 Å². The molecule has 1 spiro atoms. The van der Waals surface area contributed by atoms with Crippen molar-refractivity contribution in [2.24, 2.45) is 0 Å². The van der Waals surface area contributed by atoms with E-state index in [-0.39, 0.29) is 18.4 Å². The number of hydrogen-bond acceptors (Lipinski definition) is 6. The zero-order valence-corrected chi connectivity index (χ0v) is 22.7. The molecule has 2 aromatic carbocycles. The summed E-state index contributed by atoms with van der Waals surface area (Å²) in [5.41, 5.74) is 0.308. The van der Waals surface area contributed by atoms with Crippen molar-refractivity contribution in [3.05, 3.63) is 89.5 Å². The lowest BCUT2D eigenvalue weighted by atomic mass is 9.94. The third-order valence-corrected chi connectivity index (χ3v) is 7.36. The number of imide groups is 1. The minimum Gasteiger partial charge on any atom is -0.427 e. The van der Waals surface area contributed by atoms with Gasteiger partial charge in [-0.2, -0.15) is 13.2 Å². The fourth-order valence-electron chi connectivity index (χ4n) is 5.09. The van der Waals surface area contributed by atoms with Gasteiger partial charge < -0.3 is 20.3 Å². The summed E-state index contributed by atoms with van der Waals surface area (Å²) in [4.78, 5) is 56.8. The van der Waals surface area contributed by atoms with E-state index in [4.69, 9.17) is 4.74 Å². The molecule has 2 aliphatic rings. The molecule has 2 atom stereocenters. The van der Waals surface area contributed by atoms with Crippen LogP contribution in [0.15, 0.2) is 67.0 Å². The molecule has 10 nitrogen and oxygen atoms in total. The highest BCUT2D eigenvalue weighted by molar-refractivity contribution is 6.06. The maximum Gasteiger partial charge on any atom is 0.418 e. The van der Waals surface area contributed by atoms with E-state index in [1.807, 2.05) is 0 Å². The van der Waals surface area contributed by atoms with Crippen LogP contribution in [0.4, 0.5) is 38.5 Å². The quantitative estimate of drug-likeness (QED) is 0.371. The van der Waals surface area contributed by atoms with Crippen molar-refractivity contribution in [3.8, 4) is 0 Å². The minimum absolute atomic E-state index is 0.0428. The summed E-state index contributed by atoms with van der Waals surface area (Å²) in [5, 5.41) is 5.29. The van der Waals surface area contributed by atoms with Crippen LogP contribution < -0.4 is 10.6 Å². The van der Waals surface area contributed by atoms with E-state index in [1.54, 1.807) is 24.4 Å². The topological polar surface area (TPSA) is 121 Å². The number of nitrogens with zero attached hydrogens (tertiary/aromatic N) is 3. The number of anilines is 2. The first-order valence-electron chi connectivity index (χ1n) is 13.1. The summed E-state index contributed by atoms with van der Waals surface area (Å²) in [6.45, 7) is -0.734. The molecule has 1 saturated heterocycles. The molecule has 1 aromatic heterocycles. The first-order valence-corrected chi connectivity index (χ1v) is 13.1. The van der Waals surface area contributed by atoms with Crippen molar-refractivity contribution in [1.29, 1.82) is 0 Å². The van der Waals surface area contributed by atoms with Crippen LogP contribution in [-0.4, -0.2) is 57.5 Å². The molecule has 14 heteroatoms. The van der Waals surface area contributed by atoms with Crippen molar-refractivity contribution in [3.63, 3.8) is 0 Å². The Hall–Kier alpha value is -5.01. The lowest BCUT2D eigenvalue weighted by Crippen LogP contribution is -2.51. The Labute approximate surface area is 242 Å². The van der Waals surface area contributed by atoms with E-state index in [9.17, 15) is 36.7 Å². The molecule has 0 saturated carbocycles. The molecule has 0 bridgehead atoms. The molecular weight excluding hydrogens is 574 g/mol. The lowest BCUT2D eigenvalue weighted by Gasteiger charge is -2.31. The predicted octanol–water partition coefficient (Wildman–Crippen LogP) is 4.96. The van der Waals surface area contributed by atoms with Gasteiger partial charge in [-0.1, -0.05) is 18.2 Å². The van der Waals surface area contributed by atoms with Crippen molar-refractivity contribution < 1.29 is 41.5 Å². The molecule has 1 aliphatic heterocycles. The van der Waals surface area contributed by atoms with Crippen molar-refractivity contribution in [2.75, 3.05) is 17.2 Å². The number of aryl methyl sites for hydroxylation is 1. The van der Waals surface area contributed by atoms with Crippen molar-refractivity contribution >= 4 is 35.3 Å². The van der Waals surface area contributed by atoms with Gasteiger partial charge in [-0.05, 0) is 60.9 Å². The molecule has 2 heterocycles. The predicted molar refractivity (Wildman–Crippen MR) is 144 cm³/mol. The van der Waals surface area contributed by atoms with Gasteiger partial charge in [0.1, 0.15) is 18.4 Å². The number of carbonyl (C=O) groups excluding carboxylic acids is 4. The van der Waals surface area contributed by atoms with Gasteiger partial charge in [0, 0.05) is 30.4 Å². The van der Waals surface area contributed by atoms with Gasteiger partial charge >= 0.3 is 18.3 Å². The number of aromatic nitrogens is 1. The Morgan fingerprint density at radius 2 is 1.81 bits per heavy atom. The second kappa shape index (κ2) is 11.3. The summed E-state index contributed by atoms with van der Waals surface area (Å²) in [6.07, 6.45) is -2.61. The summed E-state index contributed by atoms with van der Waals surface area (Å²) < 4.78 is 59.8. The van der Waals surface area contributed by atoms with Crippen LogP contribution in [0.3, 0.4) is 0 Å². The van der Waals surface area contributed by atoms with Crippen LogP contribution >= 0.6 is 0 Å². The van der Waals surface area contributed by atoms with Crippen molar-refractivity contribution in [1.82, 2.24) is 14.8 Å². The van der Waals surface area contributed by atoms with Crippen LogP contribution in [0, 0.1) is 5.82 Å². The molecular formula is C29H25F4N5O5. The second-order valence-electron chi connectivity index (χ2n) is 10.1. The molecule has 0 radical (unpaired) electrons. The smallest absolute Gasteiger partial charge is 0.418 e. The van der Waals surface area contributed by atoms with Gasteiger partial charge in [0.25, 0.3) is 5.91 Å². The number of alkyl halides is 3. The summed E-state index contributed by atoms with van der Waals surface area (Å²) in [5.74, 6) is -2.62. The largest absolute Gasteiger partial charge is 0.427 e. The number of rotatable bonds is 7. The number of amides is 5. The number of nitrogens with one attached hydrogen (secondary N) is 2. The van der Waals surface area contributed by atoms with Crippen LogP contribution in [-0.2, 0) is 32.9 Å². The Bertz CT molecular complexity index is 1570. The van der Waals surface area contributed by atoms with E-state index in [2.05, 4.69) is 15.6 Å². The zero-order chi connectivity index (χ0) is 30.9. The van der Waals surface area contributed by atoms with Crippen LogP contribution in [0.5, 0.6) is 0 Å². The first-order chi connectivity index (χ1) is 20.4. The molecule has 43 heavy (non-hydrogen) atoms. The molecule has 2 N–H and O–H groups in total. The number of carbonyl (C=O) groups is 4.